The summed E-state index contributed by atoms with van der Waals surface area (Å²) in [5, 5.41) is 3.30. The standard InChI is InChI=1S/C14H28N2O2/c1-5-12(6-2)16(9-10-18-4)13(17)14(3)7-8-15-11-14/h12,15H,5-11H2,1-4H3. The topological polar surface area (TPSA) is 41.6 Å². The Kier molecular flexibility index (Phi) is 6.09. The summed E-state index contributed by atoms with van der Waals surface area (Å²) in [6.45, 7) is 9.45. The number of nitrogens with zero attached hydrogens (tertiary/aromatic N) is 1. The van der Waals surface area contributed by atoms with Crippen LogP contribution in [0.3, 0.4) is 0 Å². The average molecular weight is 256 g/mol. The van der Waals surface area contributed by atoms with Crippen LogP contribution in [0.1, 0.15) is 40.0 Å². The van der Waals surface area contributed by atoms with Crippen molar-refractivity contribution in [2.75, 3.05) is 33.4 Å². The molecule has 1 heterocycles. The molecule has 0 spiro atoms. The van der Waals surface area contributed by atoms with Crippen molar-refractivity contribution in [3.8, 4) is 0 Å². The van der Waals surface area contributed by atoms with Crippen molar-refractivity contribution in [1.82, 2.24) is 10.2 Å². The van der Waals surface area contributed by atoms with Gasteiger partial charge in [-0.1, -0.05) is 13.8 Å². The highest BCUT2D eigenvalue weighted by Crippen LogP contribution is 2.29. The van der Waals surface area contributed by atoms with Crippen LogP contribution in [0.2, 0.25) is 0 Å². The van der Waals surface area contributed by atoms with E-state index in [0.29, 0.717) is 25.1 Å². The van der Waals surface area contributed by atoms with Gasteiger partial charge < -0.3 is 15.0 Å². The lowest BCUT2D eigenvalue weighted by Crippen LogP contribution is -2.49. The number of hydrogen-bond acceptors (Lipinski definition) is 3. The monoisotopic (exact) mass is 256 g/mol. The smallest absolute Gasteiger partial charge is 0.230 e. The normalized spacial score (nSPS) is 23.6. The Morgan fingerprint density at radius 3 is 2.56 bits per heavy atom. The Hall–Kier alpha value is -0.610. The largest absolute Gasteiger partial charge is 0.383 e. The van der Waals surface area contributed by atoms with Crippen LogP contribution in [0.5, 0.6) is 0 Å². The van der Waals surface area contributed by atoms with Crippen LogP contribution in [-0.4, -0.2) is 50.2 Å². The minimum Gasteiger partial charge on any atom is -0.383 e. The lowest BCUT2D eigenvalue weighted by molar-refractivity contribution is -0.143. The highest BCUT2D eigenvalue weighted by Gasteiger charge is 2.40. The Morgan fingerprint density at radius 2 is 2.11 bits per heavy atom. The van der Waals surface area contributed by atoms with Gasteiger partial charge in [0, 0.05) is 26.2 Å². The fourth-order valence-corrected chi connectivity index (χ4v) is 2.72. The van der Waals surface area contributed by atoms with Crippen LogP contribution < -0.4 is 5.32 Å². The first-order valence-corrected chi connectivity index (χ1v) is 7.09. The van der Waals surface area contributed by atoms with Crippen molar-refractivity contribution in [3.63, 3.8) is 0 Å². The van der Waals surface area contributed by atoms with Gasteiger partial charge in [-0.2, -0.15) is 0 Å². The molecule has 1 fully saturated rings. The van der Waals surface area contributed by atoms with Crippen molar-refractivity contribution < 1.29 is 9.53 Å². The van der Waals surface area contributed by atoms with E-state index in [1.54, 1.807) is 7.11 Å². The van der Waals surface area contributed by atoms with Gasteiger partial charge in [0.2, 0.25) is 5.91 Å². The first-order chi connectivity index (χ1) is 8.59. The molecule has 4 nitrogen and oxygen atoms in total. The molecule has 0 aromatic heterocycles. The third-order valence-electron chi connectivity index (χ3n) is 4.07. The number of carbonyl (C=O) groups is 1. The lowest BCUT2D eigenvalue weighted by atomic mass is 9.87. The number of nitrogens with one attached hydrogen (secondary N) is 1. The van der Waals surface area contributed by atoms with Crippen molar-refractivity contribution in [2.45, 2.75) is 46.1 Å². The van der Waals surface area contributed by atoms with Crippen molar-refractivity contribution in [1.29, 1.82) is 0 Å². The molecule has 1 atom stereocenters. The maximum Gasteiger partial charge on any atom is 0.230 e. The molecule has 0 aliphatic carbocycles. The summed E-state index contributed by atoms with van der Waals surface area (Å²) in [4.78, 5) is 14.8. The predicted octanol–water partition coefficient (Wildman–Crippen LogP) is 1.65. The number of rotatable bonds is 7. The van der Waals surface area contributed by atoms with E-state index in [4.69, 9.17) is 4.74 Å². The number of ether oxygens (including phenoxy) is 1. The lowest BCUT2D eigenvalue weighted by Gasteiger charge is -2.36. The molecule has 0 aromatic carbocycles. The molecule has 1 rings (SSSR count). The SMILES string of the molecule is CCC(CC)N(CCOC)C(=O)C1(C)CCNC1. The zero-order valence-corrected chi connectivity index (χ0v) is 12.3. The van der Waals surface area contributed by atoms with Gasteiger partial charge in [0.05, 0.1) is 12.0 Å². The third kappa shape index (κ3) is 3.45. The highest BCUT2D eigenvalue weighted by molar-refractivity contribution is 5.83. The van der Waals surface area contributed by atoms with Crippen molar-refractivity contribution in [2.24, 2.45) is 5.41 Å². The number of methoxy groups -OCH3 is 1. The van der Waals surface area contributed by atoms with E-state index < -0.39 is 0 Å². The molecule has 1 amide bonds. The number of carbonyl (C=O) groups excluding carboxylic acids is 1. The van der Waals surface area contributed by atoms with Crippen molar-refractivity contribution in [3.05, 3.63) is 0 Å². The quantitative estimate of drug-likeness (QED) is 0.753. The van der Waals surface area contributed by atoms with Crippen LogP contribution >= 0.6 is 0 Å². The Morgan fingerprint density at radius 1 is 1.44 bits per heavy atom. The van der Waals surface area contributed by atoms with Gasteiger partial charge in [0.15, 0.2) is 0 Å². The molecule has 106 valence electrons. The minimum atomic E-state index is -0.226. The Bertz CT molecular complexity index is 259. The average Bonchev–Trinajstić information content (AvgIpc) is 2.82. The van der Waals surface area contributed by atoms with E-state index in [-0.39, 0.29) is 5.41 Å². The first kappa shape index (κ1) is 15.4. The summed E-state index contributed by atoms with van der Waals surface area (Å²) in [7, 11) is 1.69. The molecule has 0 saturated carbocycles. The van der Waals surface area contributed by atoms with Gasteiger partial charge in [-0.15, -0.1) is 0 Å². The van der Waals surface area contributed by atoms with E-state index in [1.165, 1.54) is 0 Å². The van der Waals surface area contributed by atoms with Gasteiger partial charge in [-0.3, -0.25) is 4.79 Å². The van der Waals surface area contributed by atoms with Crippen LogP contribution in [0, 0.1) is 5.41 Å². The van der Waals surface area contributed by atoms with Gasteiger partial charge >= 0.3 is 0 Å². The predicted molar refractivity (Wildman–Crippen MR) is 73.6 cm³/mol. The second-order valence-corrected chi connectivity index (χ2v) is 5.45. The molecule has 18 heavy (non-hydrogen) atoms. The van der Waals surface area contributed by atoms with E-state index >= 15 is 0 Å². The van der Waals surface area contributed by atoms with Crippen LogP contribution in [-0.2, 0) is 9.53 Å². The van der Waals surface area contributed by atoms with Gasteiger partial charge in [-0.05, 0) is 32.7 Å². The molecule has 4 heteroatoms. The second-order valence-electron chi connectivity index (χ2n) is 5.45. The zero-order valence-electron chi connectivity index (χ0n) is 12.3. The molecule has 1 N–H and O–H groups in total. The molecule has 1 saturated heterocycles. The summed E-state index contributed by atoms with van der Waals surface area (Å²) >= 11 is 0. The Balaban J connectivity index is 2.77. The molecule has 0 aromatic rings. The van der Waals surface area contributed by atoms with Gasteiger partial charge in [-0.25, -0.2) is 0 Å². The molecule has 1 unspecified atom stereocenters. The van der Waals surface area contributed by atoms with Gasteiger partial charge in [0.1, 0.15) is 0 Å². The summed E-state index contributed by atoms with van der Waals surface area (Å²) in [6, 6.07) is 0.338. The molecule has 1 aliphatic heterocycles. The Labute approximate surface area is 111 Å². The molecule has 0 bridgehead atoms. The fraction of sp³-hybridized carbons (Fsp3) is 0.929. The first-order valence-electron chi connectivity index (χ1n) is 7.09. The van der Waals surface area contributed by atoms with Crippen molar-refractivity contribution >= 4 is 5.91 Å². The minimum absolute atomic E-state index is 0.226. The van der Waals surface area contributed by atoms with E-state index in [0.717, 1.165) is 32.4 Å². The molecule has 1 aliphatic rings. The molecular weight excluding hydrogens is 228 g/mol. The fourth-order valence-electron chi connectivity index (χ4n) is 2.72. The third-order valence-corrected chi connectivity index (χ3v) is 4.07. The van der Waals surface area contributed by atoms with E-state index in [1.807, 2.05) is 4.90 Å². The number of amides is 1. The summed E-state index contributed by atoms with van der Waals surface area (Å²) in [6.07, 6.45) is 2.96. The van der Waals surface area contributed by atoms with E-state index in [2.05, 4.69) is 26.1 Å². The van der Waals surface area contributed by atoms with E-state index in [9.17, 15) is 4.79 Å². The summed E-state index contributed by atoms with van der Waals surface area (Å²) < 4.78 is 5.15. The highest BCUT2D eigenvalue weighted by atomic mass is 16.5. The second kappa shape index (κ2) is 7.10. The summed E-state index contributed by atoms with van der Waals surface area (Å²) in [5.74, 6) is 0.290. The van der Waals surface area contributed by atoms with Gasteiger partial charge in [0.25, 0.3) is 0 Å². The maximum absolute atomic E-state index is 12.8. The molecule has 0 radical (unpaired) electrons. The van der Waals surface area contributed by atoms with Crippen LogP contribution in [0.15, 0.2) is 0 Å². The van der Waals surface area contributed by atoms with Crippen LogP contribution in [0.25, 0.3) is 0 Å². The summed E-state index contributed by atoms with van der Waals surface area (Å²) in [5.41, 5.74) is -0.226. The maximum atomic E-state index is 12.8. The molecular formula is C14H28N2O2. The zero-order chi connectivity index (χ0) is 13.6. The number of hydrogen-bond donors (Lipinski definition) is 1. The van der Waals surface area contributed by atoms with Crippen LogP contribution in [0.4, 0.5) is 0 Å².